The molecule has 0 spiro atoms. The molecule has 37 heavy (non-hydrogen) atoms. The number of hydrogen-bond donors (Lipinski definition) is 2. The van der Waals surface area contributed by atoms with Crippen LogP contribution in [0, 0.1) is 6.92 Å². The predicted molar refractivity (Wildman–Crippen MR) is 133 cm³/mol. The van der Waals surface area contributed by atoms with Crippen LogP contribution in [0.15, 0.2) is 83.8 Å². The molecule has 0 radical (unpaired) electrons. The summed E-state index contributed by atoms with van der Waals surface area (Å²) >= 11 is 0. The molecule has 1 heterocycles. The van der Waals surface area contributed by atoms with Crippen LogP contribution in [0.3, 0.4) is 0 Å². The van der Waals surface area contributed by atoms with Gasteiger partial charge < -0.3 is 5.32 Å². The van der Waals surface area contributed by atoms with Gasteiger partial charge in [0, 0.05) is 17.8 Å². The average molecular weight is 529 g/mol. The number of nitrogens with one attached hydrogen (secondary N) is 1. The summed E-state index contributed by atoms with van der Waals surface area (Å²) < 4.78 is 66.0. The molecule has 4 aromatic rings. The first-order chi connectivity index (χ1) is 17.5. The summed E-state index contributed by atoms with van der Waals surface area (Å²) in [5.74, 6) is -0.582. The zero-order chi connectivity index (χ0) is 26.8. The highest BCUT2D eigenvalue weighted by Gasteiger charge is 2.39. The predicted octanol–water partition coefficient (Wildman–Crippen LogP) is 4.49. The lowest BCUT2D eigenvalue weighted by Crippen LogP contribution is -2.28. The zero-order valence-corrected chi connectivity index (χ0v) is 20.5. The highest BCUT2D eigenvalue weighted by Crippen LogP contribution is 2.39. The van der Waals surface area contributed by atoms with Gasteiger partial charge in [0.2, 0.25) is 10.0 Å². The van der Waals surface area contributed by atoms with E-state index in [1.807, 2.05) is 0 Å². The van der Waals surface area contributed by atoms with Gasteiger partial charge in [-0.15, -0.1) is 0 Å². The Morgan fingerprint density at radius 1 is 0.973 bits per heavy atom. The van der Waals surface area contributed by atoms with Gasteiger partial charge in [-0.3, -0.25) is 4.79 Å². The second-order valence-electron chi connectivity index (χ2n) is 8.30. The minimum atomic E-state index is -4.62. The summed E-state index contributed by atoms with van der Waals surface area (Å²) in [5.41, 5.74) is 1.07. The van der Waals surface area contributed by atoms with E-state index in [2.05, 4.69) is 10.4 Å². The van der Waals surface area contributed by atoms with Crippen LogP contribution < -0.4 is 10.5 Å². The van der Waals surface area contributed by atoms with Crippen LogP contribution in [0.1, 0.15) is 27.3 Å². The van der Waals surface area contributed by atoms with E-state index in [0.717, 1.165) is 5.56 Å². The number of alkyl halides is 3. The highest BCUT2D eigenvalue weighted by atomic mass is 32.2. The number of carbonyl (C=O) groups excluding carboxylic acids is 1. The molecule has 4 rings (SSSR count). The van der Waals surface area contributed by atoms with Crippen LogP contribution in [0.25, 0.3) is 16.8 Å². The van der Waals surface area contributed by atoms with Gasteiger partial charge >= 0.3 is 6.18 Å². The van der Waals surface area contributed by atoms with Gasteiger partial charge in [-0.25, -0.2) is 18.2 Å². The lowest BCUT2D eigenvalue weighted by molar-refractivity contribution is -0.140. The molecule has 1 amide bonds. The second kappa shape index (κ2) is 10.2. The maximum absolute atomic E-state index is 13.8. The van der Waals surface area contributed by atoms with E-state index in [0.29, 0.717) is 23.4 Å². The summed E-state index contributed by atoms with van der Waals surface area (Å²) in [5, 5.41) is 11.7. The first kappa shape index (κ1) is 26.1. The Labute approximate surface area is 211 Å². The van der Waals surface area contributed by atoms with Crippen molar-refractivity contribution in [1.29, 1.82) is 0 Å². The van der Waals surface area contributed by atoms with E-state index >= 15 is 0 Å². The molecule has 0 bridgehead atoms. The Kier molecular flexibility index (Phi) is 7.19. The standard InChI is InChI=1S/C26H23F3N4O3S/c1-17-23(19-7-3-2-4-8-19)24(26(27,28)29)32-33(17)20-13-11-18(12-14-20)15-16-31-25(34)21-9-5-6-10-22(21)37(30,35)36/h2-14H,15-16H2,1H3,(H,31,34)(H2,30,35,36). The summed E-state index contributed by atoms with van der Waals surface area (Å²) in [6, 6.07) is 20.7. The van der Waals surface area contributed by atoms with Crippen molar-refractivity contribution in [2.75, 3.05) is 6.54 Å². The van der Waals surface area contributed by atoms with E-state index in [4.69, 9.17) is 5.14 Å². The molecular weight excluding hydrogens is 505 g/mol. The van der Waals surface area contributed by atoms with Gasteiger partial charge in [0.25, 0.3) is 5.91 Å². The molecule has 192 valence electrons. The van der Waals surface area contributed by atoms with Crippen molar-refractivity contribution in [3.05, 3.63) is 101 Å². The lowest BCUT2D eigenvalue weighted by atomic mass is 10.0. The Hall–Kier alpha value is -3.96. The zero-order valence-electron chi connectivity index (χ0n) is 19.7. The fraction of sp³-hybridized carbons (Fsp3) is 0.154. The van der Waals surface area contributed by atoms with Crippen molar-refractivity contribution >= 4 is 15.9 Å². The van der Waals surface area contributed by atoms with Crippen molar-refractivity contribution in [2.24, 2.45) is 5.14 Å². The molecule has 0 aliphatic heterocycles. The minimum absolute atomic E-state index is 0.0275. The van der Waals surface area contributed by atoms with Crippen LogP contribution in [0.2, 0.25) is 0 Å². The van der Waals surface area contributed by atoms with Gasteiger partial charge in [-0.1, -0.05) is 54.6 Å². The molecule has 0 saturated carbocycles. The topological polar surface area (TPSA) is 107 Å². The minimum Gasteiger partial charge on any atom is -0.352 e. The Morgan fingerprint density at radius 3 is 2.22 bits per heavy atom. The van der Waals surface area contributed by atoms with E-state index in [1.54, 1.807) is 61.5 Å². The van der Waals surface area contributed by atoms with Crippen LogP contribution >= 0.6 is 0 Å². The second-order valence-corrected chi connectivity index (χ2v) is 9.83. The molecule has 11 heteroatoms. The number of rotatable bonds is 7. The fourth-order valence-corrected chi connectivity index (χ4v) is 4.76. The van der Waals surface area contributed by atoms with E-state index in [9.17, 15) is 26.4 Å². The number of amides is 1. The number of sulfonamides is 1. The van der Waals surface area contributed by atoms with Crippen LogP contribution in [0.4, 0.5) is 13.2 Å². The summed E-state index contributed by atoms with van der Waals surface area (Å²) in [6.07, 6.45) is -4.22. The number of carbonyl (C=O) groups is 1. The third-order valence-electron chi connectivity index (χ3n) is 5.77. The maximum atomic E-state index is 13.8. The molecule has 1 aromatic heterocycles. The first-order valence-corrected chi connectivity index (χ1v) is 12.7. The van der Waals surface area contributed by atoms with Gasteiger partial charge in [0.15, 0.2) is 5.69 Å². The Bertz CT molecular complexity index is 1530. The number of primary sulfonamides is 1. The van der Waals surface area contributed by atoms with Gasteiger partial charge in [-0.05, 0) is 48.7 Å². The average Bonchev–Trinajstić information content (AvgIpc) is 3.22. The number of nitrogens with two attached hydrogens (primary N) is 1. The van der Waals surface area contributed by atoms with Crippen molar-refractivity contribution in [3.8, 4) is 16.8 Å². The molecule has 3 aromatic carbocycles. The van der Waals surface area contributed by atoms with E-state index in [1.165, 1.54) is 28.9 Å². The SMILES string of the molecule is Cc1c(-c2ccccc2)c(C(F)(F)F)nn1-c1ccc(CCNC(=O)c2ccccc2S(N)(=O)=O)cc1. The number of aromatic nitrogens is 2. The summed E-state index contributed by atoms with van der Waals surface area (Å²) in [4.78, 5) is 12.2. The van der Waals surface area contributed by atoms with Crippen LogP contribution in [-0.2, 0) is 22.6 Å². The molecule has 0 saturated heterocycles. The fourth-order valence-electron chi connectivity index (χ4n) is 4.02. The number of nitrogens with zero attached hydrogens (tertiary/aromatic N) is 2. The monoisotopic (exact) mass is 528 g/mol. The summed E-state index contributed by atoms with van der Waals surface area (Å²) in [6.45, 7) is 1.79. The van der Waals surface area contributed by atoms with Crippen LogP contribution in [-0.4, -0.2) is 30.7 Å². The Morgan fingerprint density at radius 2 is 1.59 bits per heavy atom. The van der Waals surface area contributed by atoms with E-state index < -0.39 is 27.8 Å². The summed E-state index contributed by atoms with van der Waals surface area (Å²) in [7, 11) is -4.06. The molecule has 0 unspecified atom stereocenters. The van der Waals surface area contributed by atoms with Crippen molar-refractivity contribution < 1.29 is 26.4 Å². The van der Waals surface area contributed by atoms with Gasteiger partial charge in [0.05, 0.1) is 16.1 Å². The first-order valence-electron chi connectivity index (χ1n) is 11.2. The molecular formula is C26H23F3N4O3S. The highest BCUT2D eigenvalue weighted by molar-refractivity contribution is 7.89. The number of benzene rings is 3. The van der Waals surface area contributed by atoms with E-state index in [-0.39, 0.29) is 22.6 Å². The number of hydrogen-bond acceptors (Lipinski definition) is 4. The largest absolute Gasteiger partial charge is 0.435 e. The van der Waals surface area contributed by atoms with Gasteiger partial charge in [0.1, 0.15) is 0 Å². The van der Waals surface area contributed by atoms with Crippen LogP contribution in [0.5, 0.6) is 0 Å². The Balaban J connectivity index is 1.50. The van der Waals surface area contributed by atoms with Crippen molar-refractivity contribution in [2.45, 2.75) is 24.4 Å². The van der Waals surface area contributed by atoms with Gasteiger partial charge in [-0.2, -0.15) is 18.3 Å². The molecule has 0 aliphatic rings. The molecule has 0 atom stereocenters. The van der Waals surface area contributed by atoms with Crippen molar-refractivity contribution in [3.63, 3.8) is 0 Å². The third-order valence-corrected chi connectivity index (χ3v) is 6.73. The quantitative estimate of drug-likeness (QED) is 0.369. The third kappa shape index (κ3) is 5.73. The van der Waals surface area contributed by atoms with Crippen molar-refractivity contribution in [1.82, 2.24) is 15.1 Å². The normalized spacial score (nSPS) is 11.9. The molecule has 0 aliphatic carbocycles. The number of halogens is 3. The molecule has 7 nitrogen and oxygen atoms in total. The molecule has 0 fully saturated rings. The smallest absolute Gasteiger partial charge is 0.352 e. The lowest BCUT2D eigenvalue weighted by Gasteiger charge is -2.10. The maximum Gasteiger partial charge on any atom is 0.435 e. The molecule has 3 N–H and O–H groups in total.